The molecule has 9 nitrogen and oxygen atoms in total. The van der Waals surface area contributed by atoms with Crippen molar-refractivity contribution in [3.8, 4) is 0 Å². The lowest BCUT2D eigenvalue weighted by Gasteiger charge is -2.23. The van der Waals surface area contributed by atoms with Crippen molar-refractivity contribution in [3.63, 3.8) is 0 Å². The smallest absolute Gasteiger partial charge is 0.243 e. The minimum Gasteiger partial charge on any atom is -0.376 e. The molecule has 118 valence electrons. The third kappa shape index (κ3) is 4.38. The monoisotopic (exact) mass is 297 g/mol. The molecule has 0 amide bonds. The number of nitrogen functional groups attached to an aromatic ring is 1. The van der Waals surface area contributed by atoms with Crippen LogP contribution in [0, 0.1) is 0 Å². The lowest BCUT2D eigenvalue weighted by molar-refractivity contribution is -0.0819. The van der Waals surface area contributed by atoms with E-state index in [0.717, 1.165) is 13.1 Å². The Balaban J connectivity index is 2.04. The molecule has 1 aromatic rings. The molecule has 1 saturated heterocycles. The van der Waals surface area contributed by atoms with Gasteiger partial charge >= 0.3 is 0 Å². The fourth-order valence-electron chi connectivity index (χ4n) is 2.02. The van der Waals surface area contributed by atoms with Gasteiger partial charge in [-0.05, 0) is 13.8 Å². The van der Waals surface area contributed by atoms with Gasteiger partial charge in [-0.15, -0.1) is 0 Å². The van der Waals surface area contributed by atoms with Gasteiger partial charge in [0.05, 0.1) is 25.9 Å². The highest BCUT2D eigenvalue weighted by atomic mass is 16.6. The molecule has 0 spiro atoms. The normalized spacial score (nSPS) is 18.3. The molecule has 0 saturated carbocycles. The molecule has 1 aromatic heterocycles. The van der Waals surface area contributed by atoms with Crippen LogP contribution in [0.15, 0.2) is 0 Å². The Kier molecular flexibility index (Phi) is 5.90. The SMILES string of the molecule is CCN(CC)c1nc(NN)nc(NCC2COCCO2)n1. The molecular weight excluding hydrogens is 274 g/mol. The maximum Gasteiger partial charge on any atom is 0.243 e. The van der Waals surface area contributed by atoms with E-state index in [4.69, 9.17) is 15.3 Å². The van der Waals surface area contributed by atoms with Crippen molar-refractivity contribution in [2.45, 2.75) is 20.0 Å². The highest BCUT2D eigenvalue weighted by Gasteiger charge is 2.16. The first kappa shape index (κ1) is 15.7. The Labute approximate surface area is 124 Å². The standard InChI is InChI=1S/C12H23N7O2/c1-3-19(4-2)12-16-10(15-11(17-12)18-13)14-7-9-8-20-5-6-21-9/h9H,3-8,13H2,1-2H3,(H2,14,15,16,17,18). The number of hydrazine groups is 1. The maximum atomic E-state index is 5.57. The number of ether oxygens (including phenoxy) is 2. The molecule has 0 aromatic carbocycles. The summed E-state index contributed by atoms with van der Waals surface area (Å²) in [6.45, 7) is 8.12. The fourth-order valence-corrected chi connectivity index (χ4v) is 2.02. The molecule has 2 rings (SSSR count). The molecule has 0 bridgehead atoms. The van der Waals surface area contributed by atoms with Crippen LogP contribution in [0.2, 0.25) is 0 Å². The van der Waals surface area contributed by atoms with E-state index in [0.29, 0.717) is 44.2 Å². The topological polar surface area (TPSA) is 110 Å². The summed E-state index contributed by atoms with van der Waals surface area (Å²) in [5.41, 5.74) is 2.46. The molecule has 1 unspecified atom stereocenters. The van der Waals surface area contributed by atoms with Crippen molar-refractivity contribution < 1.29 is 9.47 Å². The highest BCUT2D eigenvalue weighted by molar-refractivity contribution is 5.43. The molecule has 2 heterocycles. The first-order valence-electron chi connectivity index (χ1n) is 7.17. The van der Waals surface area contributed by atoms with Gasteiger partial charge in [0, 0.05) is 19.6 Å². The average molecular weight is 297 g/mol. The van der Waals surface area contributed by atoms with Gasteiger partial charge < -0.3 is 19.7 Å². The summed E-state index contributed by atoms with van der Waals surface area (Å²) in [6, 6.07) is 0. The molecule has 1 atom stereocenters. The Hall–Kier alpha value is -1.71. The zero-order valence-electron chi connectivity index (χ0n) is 12.5. The minimum absolute atomic E-state index is 0.00158. The summed E-state index contributed by atoms with van der Waals surface area (Å²) in [5, 5.41) is 3.14. The predicted octanol–water partition coefficient (Wildman–Crippen LogP) is -0.169. The van der Waals surface area contributed by atoms with Crippen molar-refractivity contribution in [1.82, 2.24) is 15.0 Å². The number of nitrogens with two attached hydrogens (primary N) is 1. The van der Waals surface area contributed by atoms with Crippen LogP contribution in [0.4, 0.5) is 17.8 Å². The van der Waals surface area contributed by atoms with Gasteiger partial charge in [-0.1, -0.05) is 0 Å². The zero-order chi connectivity index (χ0) is 15.1. The van der Waals surface area contributed by atoms with E-state index < -0.39 is 0 Å². The maximum absolute atomic E-state index is 5.57. The van der Waals surface area contributed by atoms with Gasteiger partial charge in [0.15, 0.2) is 0 Å². The van der Waals surface area contributed by atoms with Crippen LogP contribution in [-0.4, -0.2) is 60.5 Å². The van der Waals surface area contributed by atoms with Crippen LogP contribution in [0.5, 0.6) is 0 Å². The van der Waals surface area contributed by atoms with E-state index >= 15 is 0 Å². The second-order valence-corrected chi connectivity index (χ2v) is 4.55. The first-order chi connectivity index (χ1) is 10.3. The molecule has 4 N–H and O–H groups in total. The van der Waals surface area contributed by atoms with E-state index in [-0.39, 0.29) is 6.10 Å². The van der Waals surface area contributed by atoms with E-state index in [1.807, 2.05) is 18.7 Å². The number of aromatic nitrogens is 3. The second-order valence-electron chi connectivity index (χ2n) is 4.55. The second kappa shape index (κ2) is 7.91. The molecular formula is C12H23N7O2. The Bertz CT molecular complexity index is 436. The van der Waals surface area contributed by atoms with E-state index in [2.05, 4.69) is 25.7 Å². The van der Waals surface area contributed by atoms with Gasteiger partial charge in [-0.2, -0.15) is 15.0 Å². The molecule has 1 fully saturated rings. The summed E-state index contributed by atoms with van der Waals surface area (Å²) in [7, 11) is 0. The molecule has 21 heavy (non-hydrogen) atoms. The van der Waals surface area contributed by atoms with Crippen molar-refractivity contribution in [3.05, 3.63) is 0 Å². The third-order valence-electron chi connectivity index (χ3n) is 3.17. The Morgan fingerprint density at radius 2 is 1.95 bits per heavy atom. The molecule has 0 radical (unpaired) electrons. The van der Waals surface area contributed by atoms with Gasteiger partial charge in [0.2, 0.25) is 17.8 Å². The van der Waals surface area contributed by atoms with Crippen LogP contribution >= 0.6 is 0 Å². The number of nitrogens with one attached hydrogen (secondary N) is 2. The van der Waals surface area contributed by atoms with Gasteiger partial charge in [-0.25, -0.2) is 5.84 Å². The van der Waals surface area contributed by atoms with Gasteiger partial charge in [0.25, 0.3) is 0 Å². The molecule has 9 heteroatoms. The zero-order valence-corrected chi connectivity index (χ0v) is 12.5. The lowest BCUT2D eigenvalue weighted by atomic mass is 10.3. The number of hydrogen-bond acceptors (Lipinski definition) is 9. The van der Waals surface area contributed by atoms with Crippen LogP contribution in [0.1, 0.15) is 13.8 Å². The largest absolute Gasteiger partial charge is 0.376 e. The van der Waals surface area contributed by atoms with Crippen molar-refractivity contribution >= 4 is 17.8 Å². The molecule has 0 aliphatic carbocycles. The number of rotatable bonds is 7. The van der Waals surface area contributed by atoms with E-state index in [1.54, 1.807) is 0 Å². The van der Waals surface area contributed by atoms with Crippen LogP contribution in [0.25, 0.3) is 0 Å². The number of nitrogens with zero attached hydrogens (tertiary/aromatic N) is 4. The Morgan fingerprint density at radius 3 is 2.57 bits per heavy atom. The average Bonchev–Trinajstić information content (AvgIpc) is 2.55. The quantitative estimate of drug-likeness (QED) is 0.466. The highest BCUT2D eigenvalue weighted by Crippen LogP contribution is 2.13. The van der Waals surface area contributed by atoms with Crippen LogP contribution < -0.4 is 21.5 Å². The summed E-state index contributed by atoms with van der Waals surface area (Å²) in [4.78, 5) is 14.9. The molecule has 1 aliphatic rings. The van der Waals surface area contributed by atoms with Crippen molar-refractivity contribution in [1.29, 1.82) is 0 Å². The van der Waals surface area contributed by atoms with E-state index in [9.17, 15) is 0 Å². The Morgan fingerprint density at radius 1 is 1.19 bits per heavy atom. The molecule has 1 aliphatic heterocycles. The van der Waals surface area contributed by atoms with Crippen LogP contribution in [-0.2, 0) is 9.47 Å². The van der Waals surface area contributed by atoms with Gasteiger partial charge in [-0.3, -0.25) is 5.43 Å². The lowest BCUT2D eigenvalue weighted by Crippen LogP contribution is -2.34. The van der Waals surface area contributed by atoms with E-state index in [1.165, 1.54) is 0 Å². The minimum atomic E-state index is 0.00158. The summed E-state index contributed by atoms with van der Waals surface area (Å²) in [5.74, 6) is 6.80. The first-order valence-corrected chi connectivity index (χ1v) is 7.17. The predicted molar refractivity (Wildman–Crippen MR) is 80.2 cm³/mol. The summed E-state index contributed by atoms with van der Waals surface area (Å²) in [6.07, 6.45) is 0.00158. The summed E-state index contributed by atoms with van der Waals surface area (Å²) < 4.78 is 10.9. The number of hydrogen-bond donors (Lipinski definition) is 3. The summed E-state index contributed by atoms with van der Waals surface area (Å²) >= 11 is 0. The third-order valence-corrected chi connectivity index (χ3v) is 3.17. The van der Waals surface area contributed by atoms with Gasteiger partial charge in [0.1, 0.15) is 0 Å². The van der Waals surface area contributed by atoms with Crippen molar-refractivity contribution in [2.75, 3.05) is 55.1 Å². The van der Waals surface area contributed by atoms with Crippen LogP contribution in [0.3, 0.4) is 0 Å². The number of anilines is 3. The fraction of sp³-hybridized carbons (Fsp3) is 0.750. The van der Waals surface area contributed by atoms with Crippen molar-refractivity contribution in [2.24, 2.45) is 5.84 Å².